The van der Waals surface area contributed by atoms with Gasteiger partial charge >= 0.3 is 0 Å². The fraction of sp³-hybridized carbons (Fsp3) is 0.562. The highest BCUT2D eigenvalue weighted by Crippen LogP contribution is 2.15. The third-order valence-electron chi connectivity index (χ3n) is 3.24. The van der Waals surface area contributed by atoms with Gasteiger partial charge in [-0.1, -0.05) is 18.2 Å². The first-order chi connectivity index (χ1) is 10.4. The Hall–Kier alpha value is -1.66. The largest absolute Gasteiger partial charge is 0.386 e. The maximum Gasteiger partial charge on any atom is 0.191 e. The molecule has 1 atom stereocenters. The molecule has 0 radical (unpaired) electrons. The van der Waals surface area contributed by atoms with E-state index in [0.29, 0.717) is 19.0 Å². The summed E-state index contributed by atoms with van der Waals surface area (Å²) in [6.45, 7) is 7.15. The van der Waals surface area contributed by atoms with Crippen LogP contribution >= 0.6 is 0 Å². The molecule has 0 saturated carbocycles. The number of nitrogens with one attached hydrogen (secondary N) is 2. The molecule has 6 heteroatoms. The Morgan fingerprint density at radius 1 is 1.36 bits per heavy atom. The second-order valence-electron chi connectivity index (χ2n) is 5.58. The van der Waals surface area contributed by atoms with E-state index in [1.165, 1.54) is 6.07 Å². The van der Waals surface area contributed by atoms with Crippen molar-refractivity contribution in [2.24, 2.45) is 4.99 Å². The molecule has 0 bridgehead atoms. The normalized spacial score (nSPS) is 13.8. The van der Waals surface area contributed by atoms with E-state index >= 15 is 0 Å². The molecule has 1 aromatic rings. The van der Waals surface area contributed by atoms with Crippen LogP contribution in [0.2, 0.25) is 0 Å². The van der Waals surface area contributed by atoms with E-state index < -0.39 is 11.9 Å². The molecule has 22 heavy (non-hydrogen) atoms. The monoisotopic (exact) mass is 311 g/mol. The highest BCUT2D eigenvalue weighted by Gasteiger charge is 2.16. The van der Waals surface area contributed by atoms with E-state index in [1.54, 1.807) is 25.3 Å². The van der Waals surface area contributed by atoms with Gasteiger partial charge in [-0.25, -0.2) is 4.39 Å². The van der Waals surface area contributed by atoms with E-state index in [0.717, 1.165) is 0 Å². The Balaban J connectivity index is 2.64. The van der Waals surface area contributed by atoms with Crippen LogP contribution in [0, 0.1) is 5.82 Å². The molecule has 0 aromatic heterocycles. The SMILES string of the molecule is CCNC(=NCC(C)(C)OC)NCC(O)c1ccccc1F. The average Bonchev–Trinajstić information content (AvgIpc) is 2.50. The number of rotatable bonds is 7. The second-order valence-corrected chi connectivity index (χ2v) is 5.58. The van der Waals surface area contributed by atoms with Crippen LogP contribution in [0.25, 0.3) is 0 Å². The molecule has 5 nitrogen and oxygen atoms in total. The third kappa shape index (κ3) is 5.99. The minimum absolute atomic E-state index is 0.167. The number of guanidine groups is 1. The van der Waals surface area contributed by atoms with Crippen molar-refractivity contribution < 1.29 is 14.2 Å². The van der Waals surface area contributed by atoms with Crippen molar-refractivity contribution in [1.82, 2.24) is 10.6 Å². The fourth-order valence-corrected chi connectivity index (χ4v) is 1.72. The first-order valence-electron chi connectivity index (χ1n) is 7.39. The number of hydrogen-bond acceptors (Lipinski definition) is 3. The van der Waals surface area contributed by atoms with Gasteiger partial charge in [0.2, 0.25) is 0 Å². The molecule has 0 aliphatic carbocycles. The van der Waals surface area contributed by atoms with Crippen molar-refractivity contribution in [3.05, 3.63) is 35.6 Å². The summed E-state index contributed by atoms with van der Waals surface area (Å²) in [5.74, 6) is 0.141. The molecule has 0 fully saturated rings. The van der Waals surface area contributed by atoms with Crippen LogP contribution in [-0.2, 0) is 4.74 Å². The summed E-state index contributed by atoms with van der Waals surface area (Å²) in [5.41, 5.74) is -0.102. The lowest BCUT2D eigenvalue weighted by molar-refractivity contribution is 0.0310. The number of benzene rings is 1. The first-order valence-corrected chi connectivity index (χ1v) is 7.39. The predicted octanol–water partition coefficient (Wildman–Crippen LogP) is 1.84. The number of aliphatic hydroxyl groups is 1. The maximum atomic E-state index is 13.6. The quantitative estimate of drug-likeness (QED) is 0.531. The van der Waals surface area contributed by atoms with Gasteiger partial charge in [-0.15, -0.1) is 0 Å². The van der Waals surface area contributed by atoms with Crippen LogP contribution in [-0.4, -0.2) is 43.4 Å². The molecular formula is C16H26FN3O2. The third-order valence-corrected chi connectivity index (χ3v) is 3.24. The second kappa shape index (κ2) is 8.70. The van der Waals surface area contributed by atoms with E-state index in [9.17, 15) is 9.50 Å². The summed E-state index contributed by atoms with van der Waals surface area (Å²) in [7, 11) is 1.64. The van der Waals surface area contributed by atoms with Crippen LogP contribution in [0.1, 0.15) is 32.4 Å². The highest BCUT2D eigenvalue weighted by molar-refractivity contribution is 5.79. The molecule has 3 N–H and O–H groups in total. The topological polar surface area (TPSA) is 65.9 Å². The van der Waals surface area contributed by atoms with Gasteiger partial charge < -0.3 is 20.5 Å². The number of halogens is 1. The summed E-state index contributed by atoms with van der Waals surface area (Å²) in [4.78, 5) is 4.41. The molecule has 0 aliphatic heterocycles. The van der Waals surface area contributed by atoms with Gasteiger partial charge in [-0.3, -0.25) is 4.99 Å². The van der Waals surface area contributed by atoms with Gasteiger partial charge in [0.25, 0.3) is 0 Å². The van der Waals surface area contributed by atoms with Gasteiger partial charge in [0, 0.05) is 25.8 Å². The van der Waals surface area contributed by atoms with Crippen LogP contribution < -0.4 is 10.6 Å². The molecular weight excluding hydrogens is 285 g/mol. The van der Waals surface area contributed by atoms with E-state index in [1.807, 2.05) is 20.8 Å². The van der Waals surface area contributed by atoms with Gasteiger partial charge in [0.15, 0.2) is 5.96 Å². The number of hydrogen-bond donors (Lipinski definition) is 3. The van der Waals surface area contributed by atoms with Gasteiger partial charge in [0.1, 0.15) is 5.82 Å². The molecule has 0 spiro atoms. The van der Waals surface area contributed by atoms with E-state index in [4.69, 9.17) is 4.74 Å². The number of ether oxygens (including phenoxy) is 1. The first kappa shape index (κ1) is 18.4. The van der Waals surface area contributed by atoms with Crippen molar-refractivity contribution in [3.8, 4) is 0 Å². The standard InChI is InChI=1S/C16H26FN3O2/c1-5-18-15(20-11-16(2,3)22-4)19-10-14(21)12-8-6-7-9-13(12)17/h6-9,14,21H,5,10-11H2,1-4H3,(H2,18,19,20). The molecule has 1 rings (SSSR count). The molecule has 0 heterocycles. The zero-order valence-electron chi connectivity index (χ0n) is 13.7. The van der Waals surface area contributed by atoms with Crippen molar-refractivity contribution in [2.45, 2.75) is 32.5 Å². The van der Waals surface area contributed by atoms with Gasteiger partial charge in [-0.2, -0.15) is 0 Å². The lowest BCUT2D eigenvalue weighted by atomic mass is 10.1. The minimum Gasteiger partial charge on any atom is -0.386 e. The van der Waals surface area contributed by atoms with Gasteiger partial charge in [-0.05, 0) is 26.8 Å². The van der Waals surface area contributed by atoms with Crippen molar-refractivity contribution in [1.29, 1.82) is 0 Å². The number of methoxy groups -OCH3 is 1. The lowest BCUT2D eigenvalue weighted by Crippen LogP contribution is -2.41. The summed E-state index contributed by atoms with van der Waals surface area (Å²) < 4.78 is 18.9. The lowest BCUT2D eigenvalue weighted by Gasteiger charge is -2.22. The molecule has 1 unspecified atom stereocenters. The molecule has 1 aromatic carbocycles. The number of aliphatic hydroxyl groups excluding tert-OH is 1. The summed E-state index contributed by atoms with van der Waals surface area (Å²) in [6.07, 6.45) is -0.944. The Morgan fingerprint density at radius 3 is 2.64 bits per heavy atom. The Bertz CT molecular complexity index is 492. The predicted molar refractivity (Wildman–Crippen MR) is 86.4 cm³/mol. The molecule has 124 valence electrons. The fourth-order valence-electron chi connectivity index (χ4n) is 1.72. The van der Waals surface area contributed by atoms with Crippen molar-refractivity contribution >= 4 is 5.96 Å². The molecule has 0 amide bonds. The average molecular weight is 311 g/mol. The van der Waals surface area contributed by atoms with Crippen molar-refractivity contribution in [2.75, 3.05) is 26.7 Å². The summed E-state index contributed by atoms with van der Waals surface area (Å²) >= 11 is 0. The zero-order chi connectivity index (χ0) is 16.6. The number of nitrogens with zero attached hydrogens (tertiary/aromatic N) is 1. The Labute approximate surface area is 131 Å². The molecule has 0 aliphatic rings. The summed E-state index contributed by atoms with van der Waals surface area (Å²) in [6, 6.07) is 6.19. The zero-order valence-corrected chi connectivity index (χ0v) is 13.7. The maximum absolute atomic E-state index is 13.6. The highest BCUT2D eigenvalue weighted by atomic mass is 19.1. The van der Waals surface area contributed by atoms with Crippen LogP contribution in [0.15, 0.2) is 29.3 Å². The van der Waals surface area contributed by atoms with Crippen LogP contribution in [0.3, 0.4) is 0 Å². The number of aliphatic imine (C=N–C) groups is 1. The van der Waals surface area contributed by atoms with Crippen LogP contribution in [0.4, 0.5) is 4.39 Å². The van der Waals surface area contributed by atoms with Crippen molar-refractivity contribution in [3.63, 3.8) is 0 Å². The Kier molecular flexibility index (Phi) is 7.27. The van der Waals surface area contributed by atoms with Gasteiger partial charge in [0.05, 0.1) is 18.2 Å². The minimum atomic E-state index is -0.944. The Morgan fingerprint density at radius 2 is 2.05 bits per heavy atom. The van der Waals surface area contributed by atoms with E-state index in [2.05, 4.69) is 15.6 Å². The molecule has 0 saturated heterocycles. The van der Waals surface area contributed by atoms with E-state index in [-0.39, 0.29) is 17.7 Å². The summed E-state index contributed by atoms with van der Waals surface area (Å²) in [5, 5.41) is 16.2. The smallest absolute Gasteiger partial charge is 0.191 e. The van der Waals surface area contributed by atoms with Crippen LogP contribution in [0.5, 0.6) is 0 Å².